The first kappa shape index (κ1) is 13.3. The third-order valence-corrected chi connectivity index (χ3v) is 3.58. The Balaban J connectivity index is 2.20. The van der Waals surface area contributed by atoms with Gasteiger partial charge >= 0.3 is 0 Å². The highest BCUT2D eigenvalue weighted by Gasteiger charge is 2.14. The van der Waals surface area contributed by atoms with E-state index in [1.54, 1.807) is 0 Å². The fourth-order valence-corrected chi connectivity index (χ4v) is 2.60. The summed E-state index contributed by atoms with van der Waals surface area (Å²) in [5.41, 5.74) is 2.55. The third kappa shape index (κ3) is 3.00. The standard InChI is InChI=1S/C14H18BrN3/c1-3-18-14(7-8-17-18)13(16-2)10-11-5-4-6-12(15)9-11/h4-9,13,16H,3,10H2,1-2H3. The van der Waals surface area contributed by atoms with Crippen LogP contribution in [0.1, 0.15) is 24.2 Å². The molecule has 1 aromatic carbocycles. The van der Waals surface area contributed by atoms with Crippen LogP contribution in [0.4, 0.5) is 0 Å². The monoisotopic (exact) mass is 307 g/mol. The van der Waals surface area contributed by atoms with Crippen molar-refractivity contribution in [2.24, 2.45) is 0 Å². The molecular weight excluding hydrogens is 290 g/mol. The molecule has 1 N–H and O–H groups in total. The van der Waals surface area contributed by atoms with E-state index in [0.29, 0.717) is 6.04 Å². The second-order valence-corrected chi connectivity index (χ2v) is 5.16. The minimum atomic E-state index is 0.293. The molecule has 1 aromatic heterocycles. The largest absolute Gasteiger partial charge is 0.311 e. The van der Waals surface area contributed by atoms with Crippen molar-refractivity contribution in [1.29, 1.82) is 0 Å². The lowest BCUT2D eigenvalue weighted by atomic mass is 10.0. The van der Waals surface area contributed by atoms with Gasteiger partial charge in [0.15, 0.2) is 0 Å². The lowest BCUT2D eigenvalue weighted by Gasteiger charge is -2.17. The average molecular weight is 308 g/mol. The fourth-order valence-electron chi connectivity index (χ4n) is 2.16. The summed E-state index contributed by atoms with van der Waals surface area (Å²) in [4.78, 5) is 0. The van der Waals surface area contributed by atoms with Gasteiger partial charge in [-0.15, -0.1) is 0 Å². The Morgan fingerprint density at radius 1 is 1.39 bits per heavy atom. The van der Waals surface area contributed by atoms with Gasteiger partial charge in [-0.05, 0) is 44.2 Å². The first-order valence-electron chi connectivity index (χ1n) is 6.18. The van der Waals surface area contributed by atoms with E-state index in [-0.39, 0.29) is 0 Å². The maximum absolute atomic E-state index is 4.33. The van der Waals surface area contributed by atoms with E-state index in [2.05, 4.69) is 57.5 Å². The van der Waals surface area contributed by atoms with Gasteiger partial charge in [0.2, 0.25) is 0 Å². The maximum Gasteiger partial charge on any atom is 0.0556 e. The van der Waals surface area contributed by atoms with Crippen molar-refractivity contribution in [2.75, 3.05) is 7.05 Å². The minimum Gasteiger partial charge on any atom is -0.311 e. The number of benzene rings is 1. The predicted molar refractivity (Wildman–Crippen MR) is 77.5 cm³/mol. The summed E-state index contributed by atoms with van der Waals surface area (Å²) in [5, 5.41) is 7.70. The molecule has 0 spiro atoms. The molecular formula is C14H18BrN3. The van der Waals surface area contributed by atoms with Crippen LogP contribution in [0.5, 0.6) is 0 Å². The van der Waals surface area contributed by atoms with Crippen molar-refractivity contribution in [1.82, 2.24) is 15.1 Å². The smallest absolute Gasteiger partial charge is 0.0556 e. The Kier molecular flexibility index (Phi) is 4.55. The summed E-state index contributed by atoms with van der Waals surface area (Å²) in [6, 6.07) is 10.8. The Hall–Kier alpha value is -1.13. The van der Waals surface area contributed by atoms with E-state index in [9.17, 15) is 0 Å². The molecule has 96 valence electrons. The van der Waals surface area contributed by atoms with Gasteiger partial charge in [-0.2, -0.15) is 5.10 Å². The van der Waals surface area contributed by atoms with Crippen LogP contribution in [0.3, 0.4) is 0 Å². The van der Waals surface area contributed by atoms with Crippen molar-refractivity contribution in [3.8, 4) is 0 Å². The Morgan fingerprint density at radius 2 is 2.22 bits per heavy atom. The quantitative estimate of drug-likeness (QED) is 0.919. The van der Waals surface area contributed by atoms with Gasteiger partial charge in [0.25, 0.3) is 0 Å². The van der Waals surface area contributed by atoms with Gasteiger partial charge in [0.05, 0.1) is 11.7 Å². The van der Waals surface area contributed by atoms with Gasteiger partial charge in [0.1, 0.15) is 0 Å². The Labute approximate surface area is 116 Å². The molecule has 0 saturated heterocycles. The van der Waals surface area contributed by atoms with E-state index < -0.39 is 0 Å². The third-order valence-electron chi connectivity index (χ3n) is 3.08. The first-order chi connectivity index (χ1) is 8.74. The van der Waals surface area contributed by atoms with Crippen molar-refractivity contribution >= 4 is 15.9 Å². The molecule has 0 bridgehead atoms. The minimum absolute atomic E-state index is 0.293. The number of rotatable bonds is 5. The van der Waals surface area contributed by atoms with Crippen molar-refractivity contribution in [3.05, 3.63) is 52.3 Å². The first-order valence-corrected chi connectivity index (χ1v) is 6.97. The average Bonchev–Trinajstić information content (AvgIpc) is 2.84. The zero-order valence-corrected chi connectivity index (χ0v) is 12.3. The summed E-state index contributed by atoms with van der Waals surface area (Å²) >= 11 is 3.51. The van der Waals surface area contributed by atoms with E-state index >= 15 is 0 Å². The highest BCUT2D eigenvalue weighted by atomic mass is 79.9. The molecule has 1 atom stereocenters. The summed E-state index contributed by atoms with van der Waals surface area (Å²) < 4.78 is 3.16. The number of aromatic nitrogens is 2. The SMILES string of the molecule is CCn1nccc1C(Cc1cccc(Br)c1)NC. The van der Waals surface area contributed by atoms with Crippen molar-refractivity contribution < 1.29 is 0 Å². The predicted octanol–water partition coefficient (Wildman–Crippen LogP) is 3.17. The fraction of sp³-hybridized carbons (Fsp3) is 0.357. The molecule has 4 heteroatoms. The van der Waals surface area contributed by atoms with Crippen molar-refractivity contribution in [2.45, 2.75) is 25.9 Å². The molecule has 0 fully saturated rings. The summed E-state index contributed by atoms with van der Waals surface area (Å²) in [7, 11) is 2.00. The molecule has 0 saturated carbocycles. The highest BCUT2D eigenvalue weighted by molar-refractivity contribution is 9.10. The maximum atomic E-state index is 4.33. The highest BCUT2D eigenvalue weighted by Crippen LogP contribution is 2.20. The molecule has 0 aliphatic carbocycles. The number of likely N-dealkylation sites (N-methyl/N-ethyl adjacent to an activating group) is 1. The van der Waals surface area contributed by atoms with Gasteiger partial charge in [-0.3, -0.25) is 4.68 Å². The summed E-state index contributed by atoms with van der Waals surface area (Å²) in [5.74, 6) is 0. The summed E-state index contributed by atoms with van der Waals surface area (Å²) in [6.45, 7) is 3.02. The van der Waals surface area contributed by atoms with Gasteiger partial charge in [-0.1, -0.05) is 28.1 Å². The molecule has 2 aromatic rings. The number of nitrogens with one attached hydrogen (secondary N) is 1. The number of halogens is 1. The number of hydrogen-bond acceptors (Lipinski definition) is 2. The van der Waals surface area contributed by atoms with Crippen LogP contribution in [0, 0.1) is 0 Å². The van der Waals surface area contributed by atoms with E-state index in [0.717, 1.165) is 17.4 Å². The van der Waals surface area contributed by atoms with Crippen LogP contribution in [-0.4, -0.2) is 16.8 Å². The normalized spacial score (nSPS) is 12.6. The lowest BCUT2D eigenvalue weighted by molar-refractivity contribution is 0.513. The molecule has 0 radical (unpaired) electrons. The van der Waals surface area contributed by atoms with Crippen LogP contribution >= 0.6 is 15.9 Å². The molecule has 2 rings (SSSR count). The molecule has 0 aliphatic rings. The van der Waals surface area contributed by atoms with Gasteiger partial charge < -0.3 is 5.32 Å². The second kappa shape index (κ2) is 6.16. The van der Waals surface area contributed by atoms with Crippen LogP contribution in [0.15, 0.2) is 41.0 Å². The van der Waals surface area contributed by atoms with Gasteiger partial charge in [0, 0.05) is 17.2 Å². The number of nitrogens with zero attached hydrogens (tertiary/aromatic N) is 2. The van der Waals surface area contributed by atoms with Crippen LogP contribution in [0.2, 0.25) is 0 Å². The van der Waals surface area contributed by atoms with Crippen LogP contribution < -0.4 is 5.32 Å². The van der Waals surface area contributed by atoms with Crippen LogP contribution in [-0.2, 0) is 13.0 Å². The number of hydrogen-bond donors (Lipinski definition) is 1. The topological polar surface area (TPSA) is 29.9 Å². The lowest BCUT2D eigenvalue weighted by Crippen LogP contribution is -2.22. The Bertz CT molecular complexity index is 507. The van der Waals surface area contributed by atoms with E-state index in [1.165, 1.54) is 11.3 Å². The second-order valence-electron chi connectivity index (χ2n) is 4.25. The molecule has 0 aliphatic heterocycles. The molecule has 1 heterocycles. The zero-order valence-electron chi connectivity index (χ0n) is 10.7. The zero-order chi connectivity index (χ0) is 13.0. The molecule has 0 amide bonds. The van der Waals surface area contributed by atoms with Crippen LogP contribution in [0.25, 0.3) is 0 Å². The molecule has 3 nitrogen and oxygen atoms in total. The summed E-state index contributed by atoms with van der Waals surface area (Å²) in [6.07, 6.45) is 2.83. The van der Waals surface area contributed by atoms with E-state index in [1.807, 2.05) is 24.0 Å². The molecule has 1 unspecified atom stereocenters. The van der Waals surface area contributed by atoms with Crippen molar-refractivity contribution in [3.63, 3.8) is 0 Å². The van der Waals surface area contributed by atoms with E-state index in [4.69, 9.17) is 0 Å². The molecule has 18 heavy (non-hydrogen) atoms. The number of aryl methyl sites for hydroxylation is 1. The van der Waals surface area contributed by atoms with Gasteiger partial charge in [-0.25, -0.2) is 0 Å². The Morgan fingerprint density at radius 3 is 2.89 bits per heavy atom.